The van der Waals surface area contributed by atoms with E-state index in [0.717, 1.165) is 12.1 Å². The molecule has 0 fully saturated rings. The predicted molar refractivity (Wildman–Crippen MR) is 61.3 cm³/mol. The highest BCUT2D eigenvalue weighted by Gasteiger charge is 2.33. The van der Waals surface area contributed by atoms with E-state index in [-0.39, 0.29) is 23.2 Å². The van der Waals surface area contributed by atoms with E-state index in [1.807, 2.05) is 13.8 Å². The van der Waals surface area contributed by atoms with E-state index in [0.29, 0.717) is 12.4 Å². The molecule has 3 nitrogen and oxygen atoms in total. The van der Waals surface area contributed by atoms with Crippen molar-refractivity contribution in [1.29, 1.82) is 0 Å². The highest BCUT2D eigenvalue weighted by molar-refractivity contribution is 5.99. The van der Waals surface area contributed by atoms with Crippen molar-refractivity contribution in [2.45, 2.75) is 26.6 Å². The zero-order valence-electron chi connectivity index (χ0n) is 10.5. The van der Waals surface area contributed by atoms with E-state index >= 15 is 0 Å². The first kappa shape index (κ1) is 13.7. The van der Waals surface area contributed by atoms with Crippen molar-refractivity contribution in [3.8, 4) is 11.5 Å². The molecule has 0 radical (unpaired) electrons. The standard InChI is InChI=1S/C13H13F3O3/c1-12(2)6-10(17)9-5-8(19-13(14,15)16)3-4-11(9)18-7-12/h3-5H,6-7H2,1-2H3. The summed E-state index contributed by atoms with van der Waals surface area (Å²) in [7, 11) is 0. The Balaban J connectivity index is 2.33. The second-order valence-corrected chi connectivity index (χ2v) is 5.26. The van der Waals surface area contributed by atoms with E-state index in [2.05, 4.69) is 4.74 Å². The summed E-state index contributed by atoms with van der Waals surface area (Å²) in [5.74, 6) is -0.363. The van der Waals surface area contributed by atoms with Gasteiger partial charge in [-0.15, -0.1) is 13.2 Å². The average molecular weight is 274 g/mol. The Labute approximate surface area is 108 Å². The second-order valence-electron chi connectivity index (χ2n) is 5.26. The molecule has 2 rings (SSSR count). The molecule has 1 heterocycles. The van der Waals surface area contributed by atoms with Gasteiger partial charge in [-0.1, -0.05) is 13.8 Å². The molecule has 0 N–H and O–H groups in total. The number of carbonyl (C=O) groups excluding carboxylic acids is 1. The van der Waals surface area contributed by atoms with Crippen LogP contribution in [0.2, 0.25) is 0 Å². The smallest absolute Gasteiger partial charge is 0.492 e. The minimum absolute atomic E-state index is 0.132. The Kier molecular flexibility index (Phi) is 3.20. The van der Waals surface area contributed by atoms with Gasteiger partial charge in [-0.05, 0) is 18.2 Å². The minimum atomic E-state index is -4.78. The minimum Gasteiger partial charge on any atom is -0.492 e. The molecular formula is C13H13F3O3. The van der Waals surface area contributed by atoms with Crippen LogP contribution in [0.5, 0.6) is 11.5 Å². The number of halogens is 3. The monoisotopic (exact) mass is 274 g/mol. The molecule has 1 aromatic rings. The van der Waals surface area contributed by atoms with Crippen molar-refractivity contribution in [3.63, 3.8) is 0 Å². The van der Waals surface area contributed by atoms with Gasteiger partial charge in [0.25, 0.3) is 0 Å². The Bertz CT molecular complexity index is 506. The molecule has 0 saturated carbocycles. The van der Waals surface area contributed by atoms with Gasteiger partial charge in [0, 0.05) is 11.8 Å². The van der Waals surface area contributed by atoms with Crippen LogP contribution in [-0.2, 0) is 0 Å². The molecule has 0 amide bonds. The third-order valence-corrected chi connectivity index (χ3v) is 2.74. The molecule has 0 atom stereocenters. The van der Waals surface area contributed by atoms with Crippen LogP contribution in [0.3, 0.4) is 0 Å². The zero-order valence-corrected chi connectivity index (χ0v) is 10.5. The van der Waals surface area contributed by atoms with Crippen molar-refractivity contribution in [1.82, 2.24) is 0 Å². The molecule has 6 heteroatoms. The lowest BCUT2D eigenvalue weighted by Crippen LogP contribution is -2.21. The van der Waals surface area contributed by atoms with Gasteiger partial charge in [-0.3, -0.25) is 4.79 Å². The Morgan fingerprint density at radius 2 is 2.00 bits per heavy atom. The van der Waals surface area contributed by atoms with Gasteiger partial charge in [0.1, 0.15) is 11.5 Å². The molecule has 0 aliphatic carbocycles. The number of ketones is 1. The van der Waals surface area contributed by atoms with Crippen LogP contribution < -0.4 is 9.47 Å². The molecule has 104 valence electrons. The van der Waals surface area contributed by atoms with Crippen LogP contribution in [0.15, 0.2) is 18.2 Å². The highest BCUT2D eigenvalue weighted by atomic mass is 19.4. The number of hydrogen-bond donors (Lipinski definition) is 0. The molecule has 0 spiro atoms. The fourth-order valence-corrected chi connectivity index (χ4v) is 1.90. The largest absolute Gasteiger partial charge is 0.573 e. The summed E-state index contributed by atoms with van der Waals surface area (Å²) < 4.78 is 45.7. The van der Waals surface area contributed by atoms with E-state index in [4.69, 9.17) is 4.74 Å². The number of benzene rings is 1. The molecular weight excluding hydrogens is 261 g/mol. The molecule has 1 aromatic carbocycles. The van der Waals surface area contributed by atoms with Crippen LogP contribution in [-0.4, -0.2) is 18.8 Å². The van der Waals surface area contributed by atoms with Crippen LogP contribution in [0.4, 0.5) is 13.2 Å². The van der Waals surface area contributed by atoms with Crippen molar-refractivity contribution < 1.29 is 27.4 Å². The van der Waals surface area contributed by atoms with Crippen LogP contribution >= 0.6 is 0 Å². The van der Waals surface area contributed by atoms with E-state index < -0.39 is 12.1 Å². The first-order chi connectivity index (χ1) is 8.66. The van der Waals surface area contributed by atoms with Crippen molar-refractivity contribution in [3.05, 3.63) is 23.8 Å². The number of hydrogen-bond acceptors (Lipinski definition) is 3. The van der Waals surface area contributed by atoms with Crippen LogP contribution in [0.25, 0.3) is 0 Å². The first-order valence-electron chi connectivity index (χ1n) is 5.72. The Morgan fingerprint density at radius 3 is 2.63 bits per heavy atom. The third-order valence-electron chi connectivity index (χ3n) is 2.74. The fraction of sp³-hybridized carbons (Fsp3) is 0.462. The summed E-state index contributed by atoms with van der Waals surface area (Å²) in [5.41, 5.74) is -0.214. The Morgan fingerprint density at radius 1 is 1.32 bits per heavy atom. The van der Waals surface area contributed by atoms with E-state index in [9.17, 15) is 18.0 Å². The van der Waals surface area contributed by atoms with Gasteiger partial charge in [0.05, 0.1) is 12.2 Å². The Hall–Kier alpha value is -1.72. The molecule has 0 aromatic heterocycles. The van der Waals surface area contributed by atoms with Gasteiger partial charge in [-0.2, -0.15) is 0 Å². The number of carbonyl (C=O) groups is 1. The summed E-state index contributed by atoms with van der Waals surface area (Å²) in [6, 6.07) is 3.54. The summed E-state index contributed by atoms with van der Waals surface area (Å²) in [5, 5.41) is 0. The van der Waals surface area contributed by atoms with Gasteiger partial charge in [0.15, 0.2) is 5.78 Å². The number of alkyl halides is 3. The summed E-state index contributed by atoms with van der Waals surface area (Å²) >= 11 is 0. The lowest BCUT2D eigenvalue weighted by molar-refractivity contribution is -0.274. The molecule has 1 aliphatic rings. The molecule has 0 bridgehead atoms. The molecule has 1 aliphatic heterocycles. The average Bonchev–Trinajstić information content (AvgIpc) is 2.34. The van der Waals surface area contributed by atoms with Gasteiger partial charge >= 0.3 is 6.36 Å². The van der Waals surface area contributed by atoms with E-state index in [1.54, 1.807) is 0 Å². The first-order valence-corrected chi connectivity index (χ1v) is 5.72. The van der Waals surface area contributed by atoms with Gasteiger partial charge in [0.2, 0.25) is 0 Å². The maximum atomic E-state index is 12.1. The maximum Gasteiger partial charge on any atom is 0.573 e. The number of fused-ring (bicyclic) bond motifs is 1. The quantitative estimate of drug-likeness (QED) is 0.785. The predicted octanol–water partition coefficient (Wildman–Crippen LogP) is 3.58. The zero-order chi connectivity index (χ0) is 14.3. The number of ether oxygens (including phenoxy) is 2. The van der Waals surface area contributed by atoms with Crippen LogP contribution in [0.1, 0.15) is 30.6 Å². The van der Waals surface area contributed by atoms with E-state index in [1.165, 1.54) is 6.07 Å². The van der Waals surface area contributed by atoms with Crippen LogP contribution in [0, 0.1) is 5.41 Å². The third kappa shape index (κ3) is 3.39. The highest BCUT2D eigenvalue weighted by Crippen LogP contribution is 2.35. The van der Waals surface area contributed by atoms with Gasteiger partial charge in [-0.25, -0.2) is 0 Å². The fourth-order valence-electron chi connectivity index (χ4n) is 1.90. The maximum absolute atomic E-state index is 12.1. The lowest BCUT2D eigenvalue weighted by Gasteiger charge is -2.19. The summed E-state index contributed by atoms with van der Waals surface area (Å²) in [4.78, 5) is 12.0. The van der Waals surface area contributed by atoms with Gasteiger partial charge < -0.3 is 9.47 Å². The van der Waals surface area contributed by atoms with Crippen molar-refractivity contribution >= 4 is 5.78 Å². The van der Waals surface area contributed by atoms with Crippen molar-refractivity contribution in [2.75, 3.05) is 6.61 Å². The topological polar surface area (TPSA) is 35.5 Å². The molecule has 0 unspecified atom stereocenters. The lowest BCUT2D eigenvalue weighted by atomic mass is 9.87. The summed E-state index contributed by atoms with van der Waals surface area (Å²) in [6.07, 6.45) is -4.56. The second kappa shape index (κ2) is 4.43. The molecule has 19 heavy (non-hydrogen) atoms. The SMILES string of the molecule is CC1(C)COc2ccc(OC(F)(F)F)cc2C(=O)C1. The number of rotatable bonds is 1. The number of Topliss-reactive ketones (excluding diaryl/α,β-unsaturated/α-hetero) is 1. The molecule has 0 saturated heterocycles. The normalized spacial score (nSPS) is 18.3. The summed E-state index contributed by atoms with van der Waals surface area (Å²) in [6.45, 7) is 4.07. The van der Waals surface area contributed by atoms with Crippen molar-refractivity contribution in [2.24, 2.45) is 5.41 Å².